The van der Waals surface area contributed by atoms with Gasteiger partial charge in [0.2, 0.25) is 5.91 Å². The Balaban J connectivity index is 1.62. The van der Waals surface area contributed by atoms with Crippen LogP contribution in [-0.4, -0.2) is 42.6 Å². The molecule has 1 aliphatic rings. The molecule has 1 saturated heterocycles. The summed E-state index contributed by atoms with van der Waals surface area (Å²) in [5.41, 5.74) is 1.36. The average molecular weight is 414 g/mol. The fourth-order valence-electron chi connectivity index (χ4n) is 2.66. The van der Waals surface area contributed by atoms with Crippen LogP contribution in [0.4, 0.5) is 5.69 Å². The van der Waals surface area contributed by atoms with Gasteiger partial charge in [-0.05, 0) is 35.9 Å². The van der Waals surface area contributed by atoms with E-state index in [0.717, 1.165) is 5.56 Å². The first-order chi connectivity index (χ1) is 12.3. The van der Waals surface area contributed by atoms with E-state index in [4.69, 9.17) is 23.2 Å². The predicted molar refractivity (Wildman–Crippen MR) is 102 cm³/mol. The molecule has 0 radical (unpaired) electrons. The summed E-state index contributed by atoms with van der Waals surface area (Å²) >= 11 is 11.7. The first kappa shape index (κ1) is 19.1. The van der Waals surface area contributed by atoms with E-state index in [9.17, 15) is 13.2 Å². The van der Waals surface area contributed by atoms with Crippen LogP contribution in [0.5, 0.6) is 0 Å². The van der Waals surface area contributed by atoms with Crippen LogP contribution in [0.15, 0.2) is 48.5 Å². The molecule has 0 unspecified atom stereocenters. The topological polar surface area (TPSA) is 69.7 Å². The molecule has 3 rings (SSSR count). The van der Waals surface area contributed by atoms with Crippen molar-refractivity contribution in [1.82, 2.24) is 8.61 Å². The van der Waals surface area contributed by atoms with Gasteiger partial charge in [0.25, 0.3) is 10.2 Å². The lowest BCUT2D eigenvalue weighted by molar-refractivity contribution is -0.116. The molecule has 0 saturated carbocycles. The van der Waals surface area contributed by atoms with Crippen molar-refractivity contribution >= 4 is 45.0 Å². The maximum Gasteiger partial charge on any atom is 0.282 e. The highest BCUT2D eigenvalue weighted by Crippen LogP contribution is 2.21. The van der Waals surface area contributed by atoms with Crippen LogP contribution in [0.25, 0.3) is 0 Å². The molecule has 1 N–H and O–H groups in total. The number of amides is 1. The van der Waals surface area contributed by atoms with Crippen LogP contribution in [-0.2, 0) is 21.5 Å². The maximum absolute atomic E-state index is 12.6. The highest BCUT2D eigenvalue weighted by atomic mass is 35.5. The minimum Gasteiger partial charge on any atom is -0.325 e. The van der Waals surface area contributed by atoms with Crippen molar-refractivity contribution in [3.63, 3.8) is 0 Å². The highest BCUT2D eigenvalue weighted by Gasteiger charge is 2.37. The van der Waals surface area contributed by atoms with E-state index in [1.165, 1.54) is 8.61 Å². The summed E-state index contributed by atoms with van der Waals surface area (Å²) in [4.78, 5) is 12.2. The van der Waals surface area contributed by atoms with Crippen LogP contribution in [0.3, 0.4) is 0 Å². The van der Waals surface area contributed by atoms with Gasteiger partial charge < -0.3 is 5.32 Å². The number of hydrogen-bond donors (Lipinski definition) is 1. The molecular formula is C17H17Cl2N3O3S. The minimum absolute atomic E-state index is 0.242. The van der Waals surface area contributed by atoms with E-state index in [2.05, 4.69) is 5.32 Å². The minimum atomic E-state index is -3.68. The molecule has 0 aliphatic carbocycles. The van der Waals surface area contributed by atoms with E-state index in [1.54, 1.807) is 48.5 Å². The van der Waals surface area contributed by atoms with Gasteiger partial charge in [-0.15, -0.1) is 0 Å². The SMILES string of the molecule is O=C(CN1CCN(Cc2ccc(Cl)cc2)S1(=O)=O)Nc1cccc(Cl)c1. The maximum atomic E-state index is 12.6. The number of rotatable bonds is 5. The quantitative estimate of drug-likeness (QED) is 0.818. The van der Waals surface area contributed by atoms with E-state index in [1.807, 2.05) is 0 Å². The highest BCUT2D eigenvalue weighted by molar-refractivity contribution is 7.87. The molecule has 2 aromatic rings. The zero-order valence-electron chi connectivity index (χ0n) is 13.7. The van der Waals surface area contributed by atoms with E-state index >= 15 is 0 Å². The van der Waals surface area contributed by atoms with Crippen LogP contribution in [0.2, 0.25) is 10.0 Å². The zero-order valence-corrected chi connectivity index (χ0v) is 16.1. The Kier molecular flexibility index (Phi) is 5.84. The third-order valence-electron chi connectivity index (χ3n) is 3.95. The monoisotopic (exact) mass is 413 g/mol. The van der Waals surface area contributed by atoms with Crippen molar-refractivity contribution in [1.29, 1.82) is 0 Å². The van der Waals surface area contributed by atoms with Gasteiger partial charge in [-0.2, -0.15) is 17.0 Å². The summed E-state index contributed by atoms with van der Waals surface area (Å²) in [5.74, 6) is -0.413. The number of halogens is 2. The third-order valence-corrected chi connectivity index (χ3v) is 6.37. The number of benzene rings is 2. The molecule has 1 fully saturated rings. The fraction of sp³-hybridized carbons (Fsp3) is 0.235. The lowest BCUT2D eigenvalue weighted by Gasteiger charge is -2.18. The van der Waals surface area contributed by atoms with E-state index in [0.29, 0.717) is 22.3 Å². The second kappa shape index (κ2) is 7.94. The van der Waals surface area contributed by atoms with Crippen molar-refractivity contribution in [2.24, 2.45) is 0 Å². The van der Waals surface area contributed by atoms with Gasteiger partial charge in [0.1, 0.15) is 0 Å². The summed E-state index contributed by atoms with van der Waals surface area (Å²) in [6.45, 7) is 0.589. The Morgan fingerprint density at radius 1 is 1.00 bits per heavy atom. The standard InChI is InChI=1S/C17H17Cl2N3O3S/c18-14-6-4-13(5-7-14)11-21-8-9-22(26(21,24)25)12-17(23)20-16-3-1-2-15(19)10-16/h1-7,10H,8-9,11-12H2,(H,20,23). The molecule has 0 spiro atoms. The van der Waals surface area contributed by atoms with E-state index < -0.39 is 16.1 Å². The van der Waals surface area contributed by atoms with Crippen molar-refractivity contribution in [2.75, 3.05) is 25.0 Å². The first-order valence-corrected chi connectivity index (χ1v) is 10.0. The summed E-state index contributed by atoms with van der Waals surface area (Å²) in [6, 6.07) is 13.7. The Labute approximate surface area is 162 Å². The largest absolute Gasteiger partial charge is 0.325 e. The number of hydrogen-bond acceptors (Lipinski definition) is 3. The summed E-state index contributed by atoms with van der Waals surface area (Å²) < 4.78 is 27.8. The van der Waals surface area contributed by atoms with E-state index in [-0.39, 0.29) is 19.6 Å². The van der Waals surface area contributed by atoms with Crippen molar-refractivity contribution in [3.8, 4) is 0 Å². The molecule has 6 nitrogen and oxygen atoms in total. The third kappa shape index (κ3) is 4.55. The molecule has 26 heavy (non-hydrogen) atoms. The molecule has 138 valence electrons. The molecule has 1 heterocycles. The van der Waals surface area contributed by atoms with Crippen LogP contribution in [0, 0.1) is 0 Å². The molecule has 1 amide bonds. The van der Waals surface area contributed by atoms with Gasteiger partial charge in [-0.25, -0.2) is 0 Å². The smallest absolute Gasteiger partial charge is 0.282 e. The van der Waals surface area contributed by atoms with Crippen molar-refractivity contribution < 1.29 is 13.2 Å². The van der Waals surface area contributed by atoms with Crippen molar-refractivity contribution in [2.45, 2.75) is 6.54 Å². The van der Waals surface area contributed by atoms with Crippen LogP contribution < -0.4 is 5.32 Å². The fourth-order valence-corrected chi connectivity index (χ4v) is 4.52. The second-order valence-electron chi connectivity index (χ2n) is 5.86. The molecule has 0 atom stereocenters. The van der Waals surface area contributed by atoms with Gasteiger partial charge in [0.05, 0.1) is 6.54 Å². The number of nitrogens with zero attached hydrogens (tertiary/aromatic N) is 2. The number of carbonyl (C=O) groups is 1. The number of anilines is 1. The molecular weight excluding hydrogens is 397 g/mol. The lowest BCUT2D eigenvalue weighted by Crippen LogP contribution is -2.37. The van der Waals surface area contributed by atoms with Gasteiger partial charge >= 0.3 is 0 Å². The Morgan fingerprint density at radius 3 is 2.38 bits per heavy atom. The van der Waals surface area contributed by atoms with Crippen LogP contribution in [0.1, 0.15) is 5.56 Å². The second-order valence-corrected chi connectivity index (χ2v) is 8.66. The Bertz CT molecular complexity index is 904. The Morgan fingerprint density at radius 2 is 1.69 bits per heavy atom. The van der Waals surface area contributed by atoms with Crippen molar-refractivity contribution in [3.05, 3.63) is 64.1 Å². The number of nitrogens with one attached hydrogen (secondary N) is 1. The average Bonchev–Trinajstić information content (AvgIpc) is 2.84. The summed E-state index contributed by atoms with van der Waals surface area (Å²) in [6.07, 6.45) is 0. The van der Waals surface area contributed by atoms with Gasteiger partial charge in [-0.3, -0.25) is 4.79 Å². The summed E-state index contributed by atoms with van der Waals surface area (Å²) in [7, 11) is -3.68. The summed E-state index contributed by atoms with van der Waals surface area (Å²) in [5, 5.41) is 3.74. The first-order valence-electron chi connectivity index (χ1n) is 7.90. The normalized spacial score (nSPS) is 17.3. The Hall–Kier alpha value is -1.64. The predicted octanol–water partition coefficient (Wildman–Crippen LogP) is 2.99. The van der Waals surface area contributed by atoms with Crippen LogP contribution >= 0.6 is 23.2 Å². The number of carbonyl (C=O) groups excluding carboxylic acids is 1. The van der Waals surface area contributed by atoms with Gasteiger partial charge in [0.15, 0.2) is 0 Å². The van der Waals surface area contributed by atoms with Gasteiger partial charge in [-0.1, -0.05) is 41.4 Å². The molecule has 0 aromatic heterocycles. The molecule has 0 bridgehead atoms. The zero-order chi connectivity index (χ0) is 18.7. The lowest BCUT2D eigenvalue weighted by atomic mass is 10.2. The molecule has 1 aliphatic heterocycles. The van der Waals surface area contributed by atoms with Gasteiger partial charge in [0, 0.05) is 35.4 Å². The molecule has 2 aromatic carbocycles. The molecule has 9 heteroatoms.